The molecule has 0 amide bonds. The normalized spacial score (nSPS) is 11.7. The Balaban J connectivity index is 2.80. The van der Waals surface area contributed by atoms with Gasteiger partial charge in [0.15, 0.2) is 0 Å². The van der Waals surface area contributed by atoms with Crippen LogP contribution in [-0.2, 0) is 9.53 Å². The minimum Gasteiger partial charge on any atom is -0.481 e. The summed E-state index contributed by atoms with van der Waals surface area (Å²) >= 11 is 0. The summed E-state index contributed by atoms with van der Waals surface area (Å²) in [6.07, 6.45) is 0. The van der Waals surface area contributed by atoms with Crippen molar-refractivity contribution in [2.24, 2.45) is 0 Å². The predicted octanol–water partition coefficient (Wildman–Crippen LogP) is 0.0408. The van der Waals surface area contributed by atoms with Crippen LogP contribution >= 0.6 is 0 Å². The number of rotatable bonds is 4. The molecular weight excluding hydrogens is 212 g/mol. The number of nitrogens with one attached hydrogen (secondary N) is 1. The van der Waals surface area contributed by atoms with E-state index in [1.807, 2.05) is 0 Å². The smallest absolute Gasteiger partial charge is 0.328 e. The third-order valence-electron chi connectivity index (χ3n) is 1.85. The monoisotopic (exact) mass is 226 g/mol. The first kappa shape index (κ1) is 12.0. The van der Waals surface area contributed by atoms with Gasteiger partial charge in [0.05, 0.1) is 14.2 Å². The van der Waals surface area contributed by atoms with Gasteiger partial charge in [-0.3, -0.25) is 0 Å². The Labute approximate surface area is 93.0 Å². The molecule has 88 valence electrons. The second kappa shape index (κ2) is 5.15. The van der Waals surface area contributed by atoms with Crippen molar-refractivity contribution in [3.8, 4) is 5.88 Å². The van der Waals surface area contributed by atoms with Crippen LogP contribution < -0.4 is 15.8 Å². The van der Waals surface area contributed by atoms with Crippen molar-refractivity contribution in [3.05, 3.63) is 6.07 Å². The fourth-order valence-electron chi connectivity index (χ4n) is 1.08. The Bertz CT molecular complexity index is 383. The number of carbonyl (C=O) groups is 1. The Morgan fingerprint density at radius 3 is 2.75 bits per heavy atom. The molecule has 0 aliphatic rings. The van der Waals surface area contributed by atoms with Crippen LogP contribution in [0.15, 0.2) is 6.07 Å². The summed E-state index contributed by atoms with van der Waals surface area (Å²) in [4.78, 5) is 18.9. The van der Waals surface area contributed by atoms with E-state index in [-0.39, 0.29) is 5.95 Å². The molecule has 0 aliphatic carbocycles. The summed E-state index contributed by atoms with van der Waals surface area (Å²) in [6.45, 7) is 1.65. The van der Waals surface area contributed by atoms with E-state index >= 15 is 0 Å². The zero-order valence-corrected chi connectivity index (χ0v) is 9.35. The van der Waals surface area contributed by atoms with Gasteiger partial charge < -0.3 is 20.5 Å². The Morgan fingerprint density at radius 1 is 1.50 bits per heavy atom. The molecule has 1 heterocycles. The zero-order valence-electron chi connectivity index (χ0n) is 9.35. The van der Waals surface area contributed by atoms with E-state index in [4.69, 9.17) is 10.5 Å². The highest BCUT2D eigenvalue weighted by Gasteiger charge is 2.14. The second-order valence-corrected chi connectivity index (χ2v) is 3.04. The number of esters is 1. The van der Waals surface area contributed by atoms with Gasteiger partial charge in [0, 0.05) is 6.07 Å². The number of hydrogen-bond donors (Lipinski definition) is 2. The van der Waals surface area contributed by atoms with Gasteiger partial charge in [-0.1, -0.05) is 0 Å². The van der Waals surface area contributed by atoms with Crippen molar-refractivity contribution in [1.82, 2.24) is 9.97 Å². The lowest BCUT2D eigenvalue weighted by Crippen LogP contribution is -2.27. The van der Waals surface area contributed by atoms with Crippen molar-refractivity contribution in [3.63, 3.8) is 0 Å². The summed E-state index contributed by atoms with van der Waals surface area (Å²) in [6, 6.07) is 1.01. The highest BCUT2D eigenvalue weighted by atomic mass is 16.5. The van der Waals surface area contributed by atoms with Crippen molar-refractivity contribution in [1.29, 1.82) is 0 Å². The zero-order chi connectivity index (χ0) is 12.1. The molecule has 0 radical (unpaired) electrons. The molecule has 1 unspecified atom stereocenters. The van der Waals surface area contributed by atoms with E-state index in [1.165, 1.54) is 20.3 Å². The lowest BCUT2D eigenvalue weighted by atomic mass is 10.3. The third-order valence-corrected chi connectivity index (χ3v) is 1.85. The number of aromatic nitrogens is 2. The van der Waals surface area contributed by atoms with Crippen molar-refractivity contribution >= 4 is 17.7 Å². The number of anilines is 2. The molecule has 0 aromatic carbocycles. The van der Waals surface area contributed by atoms with Crippen molar-refractivity contribution in [2.45, 2.75) is 13.0 Å². The van der Waals surface area contributed by atoms with Gasteiger partial charge >= 0.3 is 5.97 Å². The van der Waals surface area contributed by atoms with E-state index in [2.05, 4.69) is 20.0 Å². The van der Waals surface area contributed by atoms with E-state index in [0.29, 0.717) is 11.7 Å². The van der Waals surface area contributed by atoms with Crippen LogP contribution in [0, 0.1) is 0 Å². The second-order valence-electron chi connectivity index (χ2n) is 3.04. The van der Waals surface area contributed by atoms with E-state index in [0.717, 1.165) is 0 Å². The lowest BCUT2D eigenvalue weighted by molar-refractivity contribution is -0.141. The largest absolute Gasteiger partial charge is 0.481 e. The summed E-state index contributed by atoms with van der Waals surface area (Å²) < 4.78 is 9.48. The number of carbonyl (C=O) groups excluding carboxylic acids is 1. The number of hydrogen-bond acceptors (Lipinski definition) is 7. The summed E-state index contributed by atoms with van der Waals surface area (Å²) in [5.74, 6) is 0.407. The average molecular weight is 226 g/mol. The van der Waals surface area contributed by atoms with Crippen LogP contribution in [0.2, 0.25) is 0 Å². The Kier molecular flexibility index (Phi) is 3.87. The standard InChI is InChI=1S/C9H14N4O3/c1-5(8(14)16-3)11-6-4-7(15-2)13-9(10)12-6/h4-5H,1-3H3,(H3,10,11,12,13). The molecule has 7 heteroatoms. The molecule has 1 rings (SSSR count). The Hall–Kier alpha value is -2.05. The molecule has 0 fully saturated rings. The number of methoxy groups -OCH3 is 2. The van der Waals surface area contributed by atoms with E-state index in [1.54, 1.807) is 6.92 Å². The number of nitrogens with zero attached hydrogens (tertiary/aromatic N) is 2. The van der Waals surface area contributed by atoms with Crippen LogP contribution in [0.3, 0.4) is 0 Å². The predicted molar refractivity (Wildman–Crippen MR) is 58.1 cm³/mol. The molecule has 0 aliphatic heterocycles. The maximum atomic E-state index is 11.2. The minimum atomic E-state index is -0.524. The minimum absolute atomic E-state index is 0.0684. The first-order valence-electron chi connectivity index (χ1n) is 4.59. The molecule has 0 spiro atoms. The van der Waals surface area contributed by atoms with Gasteiger partial charge in [-0.05, 0) is 6.92 Å². The lowest BCUT2D eigenvalue weighted by Gasteiger charge is -2.12. The molecule has 0 saturated carbocycles. The third kappa shape index (κ3) is 2.97. The number of ether oxygens (including phenoxy) is 2. The van der Waals surface area contributed by atoms with Crippen LogP contribution in [-0.4, -0.2) is 36.2 Å². The molecule has 0 saturated heterocycles. The Morgan fingerprint density at radius 2 is 2.19 bits per heavy atom. The van der Waals surface area contributed by atoms with Crippen molar-refractivity contribution in [2.75, 3.05) is 25.3 Å². The topological polar surface area (TPSA) is 99.4 Å². The SMILES string of the molecule is COC(=O)C(C)Nc1cc(OC)nc(N)n1. The highest BCUT2D eigenvalue weighted by Crippen LogP contribution is 2.14. The molecule has 1 aromatic heterocycles. The highest BCUT2D eigenvalue weighted by molar-refractivity contribution is 5.78. The summed E-state index contributed by atoms with van der Waals surface area (Å²) in [5, 5.41) is 2.82. The number of nitrogen functional groups attached to an aromatic ring is 1. The van der Waals surface area contributed by atoms with Gasteiger partial charge in [0.1, 0.15) is 11.9 Å². The van der Waals surface area contributed by atoms with Gasteiger partial charge in [0.25, 0.3) is 0 Å². The first-order chi connectivity index (χ1) is 7.56. The quantitative estimate of drug-likeness (QED) is 0.699. The van der Waals surface area contributed by atoms with Gasteiger partial charge in [-0.25, -0.2) is 4.79 Å². The fraction of sp³-hybridized carbons (Fsp3) is 0.444. The molecule has 16 heavy (non-hydrogen) atoms. The molecule has 3 N–H and O–H groups in total. The van der Waals surface area contributed by atoms with Gasteiger partial charge in [0.2, 0.25) is 11.8 Å². The van der Waals surface area contributed by atoms with Crippen molar-refractivity contribution < 1.29 is 14.3 Å². The maximum Gasteiger partial charge on any atom is 0.328 e. The average Bonchev–Trinajstić information content (AvgIpc) is 2.26. The molecule has 7 nitrogen and oxygen atoms in total. The van der Waals surface area contributed by atoms with Crippen LogP contribution in [0.1, 0.15) is 6.92 Å². The molecule has 1 atom stereocenters. The van der Waals surface area contributed by atoms with Crippen LogP contribution in [0.25, 0.3) is 0 Å². The summed E-state index contributed by atoms with van der Waals surface area (Å²) in [5.41, 5.74) is 5.46. The first-order valence-corrected chi connectivity index (χ1v) is 4.59. The van der Waals surface area contributed by atoms with Gasteiger partial charge in [-0.2, -0.15) is 9.97 Å². The van der Waals surface area contributed by atoms with Gasteiger partial charge in [-0.15, -0.1) is 0 Å². The molecule has 0 bridgehead atoms. The molecule has 1 aromatic rings. The van der Waals surface area contributed by atoms with Crippen LogP contribution in [0.4, 0.5) is 11.8 Å². The van der Waals surface area contributed by atoms with Crippen LogP contribution in [0.5, 0.6) is 5.88 Å². The number of nitrogens with two attached hydrogens (primary N) is 1. The maximum absolute atomic E-state index is 11.2. The fourth-order valence-corrected chi connectivity index (χ4v) is 1.08. The van der Waals surface area contributed by atoms with E-state index in [9.17, 15) is 4.79 Å². The summed E-state index contributed by atoms with van der Waals surface area (Å²) in [7, 11) is 2.78. The molecular formula is C9H14N4O3. The van der Waals surface area contributed by atoms with E-state index < -0.39 is 12.0 Å².